The van der Waals surface area contributed by atoms with Gasteiger partial charge in [-0.3, -0.25) is 4.79 Å². The third-order valence-corrected chi connectivity index (χ3v) is 5.76. The standard InChI is InChI=1S/C23H32N2O3/c1-23(2,3)18-6-8-19(9-7-18)28-21-11-5-17-14-16(4-10-20(17)25-21)15-24-13-12-22(26)27/h4-5,10-11,14,18-19,24H,6-9,12-13,15H2,1-3H3,(H,26,27)/t18-,19-. The molecule has 28 heavy (non-hydrogen) atoms. The van der Waals surface area contributed by atoms with Crippen molar-refractivity contribution in [1.29, 1.82) is 0 Å². The number of aliphatic carboxylic acids is 1. The molecule has 1 aliphatic carbocycles. The number of carboxylic acids is 1. The van der Waals surface area contributed by atoms with Gasteiger partial charge in [-0.1, -0.05) is 26.8 Å². The van der Waals surface area contributed by atoms with Crippen molar-refractivity contribution < 1.29 is 14.6 Å². The molecule has 1 saturated carbocycles. The number of rotatable bonds is 7. The van der Waals surface area contributed by atoms with Crippen molar-refractivity contribution in [2.75, 3.05) is 6.54 Å². The number of carboxylic acid groups (broad SMARTS) is 1. The molecule has 5 nitrogen and oxygen atoms in total. The van der Waals surface area contributed by atoms with Gasteiger partial charge in [0.25, 0.3) is 0 Å². The van der Waals surface area contributed by atoms with Crippen molar-refractivity contribution in [2.45, 2.75) is 65.5 Å². The average molecular weight is 385 g/mol. The van der Waals surface area contributed by atoms with Crippen LogP contribution in [0, 0.1) is 11.3 Å². The van der Waals surface area contributed by atoms with E-state index in [9.17, 15) is 4.79 Å². The fourth-order valence-corrected chi connectivity index (χ4v) is 3.98. The molecular weight excluding hydrogens is 352 g/mol. The molecule has 0 amide bonds. The summed E-state index contributed by atoms with van der Waals surface area (Å²) >= 11 is 0. The third-order valence-electron chi connectivity index (χ3n) is 5.76. The summed E-state index contributed by atoms with van der Waals surface area (Å²) in [5.41, 5.74) is 2.43. The molecule has 2 N–H and O–H groups in total. The van der Waals surface area contributed by atoms with Crippen LogP contribution in [-0.4, -0.2) is 28.7 Å². The molecule has 3 rings (SSSR count). The highest BCUT2D eigenvalue weighted by Gasteiger charge is 2.30. The molecule has 0 radical (unpaired) electrons. The van der Waals surface area contributed by atoms with Crippen LogP contribution in [0.5, 0.6) is 5.88 Å². The lowest BCUT2D eigenvalue weighted by molar-refractivity contribution is -0.136. The Morgan fingerprint density at radius 2 is 1.93 bits per heavy atom. The van der Waals surface area contributed by atoms with Crippen LogP contribution in [0.3, 0.4) is 0 Å². The SMILES string of the molecule is CC(C)(C)[C@H]1CC[C@H](Oc2ccc3cc(CNCCC(=O)O)ccc3n2)CC1. The van der Waals surface area contributed by atoms with Crippen LogP contribution in [0.15, 0.2) is 30.3 Å². The van der Waals surface area contributed by atoms with E-state index in [0.717, 1.165) is 35.2 Å². The van der Waals surface area contributed by atoms with Gasteiger partial charge in [-0.2, -0.15) is 0 Å². The Balaban J connectivity index is 1.56. The first kappa shape index (κ1) is 20.6. The summed E-state index contributed by atoms with van der Waals surface area (Å²) in [6.07, 6.45) is 5.04. The minimum Gasteiger partial charge on any atom is -0.481 e. The number of pyridine rings is 1. The van der Waals surface area contributed by atoms with Crippen molar-refractivity contribution in [3.05, 3.63) is 35.9 Å². The minimum absolute atomic E-state index is 0.132. The maximum atomic E-state index is 10.6. The van der Waals surface area contributed by atoms with Gasteiger partial charge in [0, 0.05) is 24.5 Å². The van der Waals surface area contributed by atoms with Crippen molar-refractivity contribution in [3.63, 3.8) is 0 Å². The topological polar surface area (TPSA) is 71.5 Å². The first-order valence-corrected chi connectivity index (χ1v) is 10.3. The zero-order chi connectivity index (χ0) is 20.1. The van der Waals surface area contributed by atoms with E-state index in [1.165, 1.54) is 12.8 Å². The summed E-state index contributed by atoms with van der Waals surface area (Å²) in [5.74, 6) is 0.702. The van der Waals surface area contributed by atoms with Gasteiger partial charge in [0.2, 0.25) is 5.88 Å². The zero-order valence-corrected chi connectivity index (χ0v) is 17.2. The zero-order valence-electron chi connectivity index (χ0n) is 17.2. The highest BCUT2D eigenvalue weighted by atomic mass is 16.5. The number of hydrogen-bond donors (Lipinski definition) is 2. The molecule has 0 bridgehead atoms. The summed E-state index contributed by atoms with van der Waals surface area (Å²) in [5, 5.41) is 12.9. The van der Waals surface area contributed by atoms with Crippen molar-refractivity contribution in [3.8, 4) is 5.88 Å². The maximum Gasteiger partial charge on any atom is 0.304 e. The number of ether oxygens (including phenoxy) is 1. The fraction of sp³-hybridized carbons (Fsp3) is 0.565. The van der Waals surface area contributed by atoms with Crippen molar-refractivity contribution >= 4 is 16.9 Å². The van der Waals surface area contributed by atoms with Gasteiger partial charge in [0.15, 0.2) is 0 Å². The van der Waals surface area contributed by atoms with Gasteiger partial charge in [-0.25, -0.2) is 4.98 Å². The van der Waals surface area contributed by atoms with Gasteiger partial charge < -0.3 is 15.2 Å². The van der Waals surface area contributed by atoms with Crippen LogP contribution in [0.1, 0.15) is 58.4 Å². The van der Waals surface area contributed by atoms with E-state index >= 15 is 0 Å². The number of hydrogen-bond acceptors (Lipinski definition) is 4. The third kappa shape index (κ3) is 5.68. The molecule has 5 heteroatoms. The number of nitrogens with zero attached hydrogens (tertiary/aromatic N) is 1. The summed E-state index contributed by atoms with van der Waals surface area (Å²) in [7, 11) is 0. The van der Waals surface area contributed by atoms with Gasteiger partial charge >= 0.3 is 5.97 Å². The Hall–Kier alpha value is -2.14. The van der Waals surface area contributed by atoms with Crippen molar-refractivity contribution in [1.82, 2.24) is 10.3 Å². The number of carbonyl (C=O) groups is 1. The lowest BCUT2D eigenvalue weighted by Gasteiger charge is -2.36. The Bertz CT molecular complexity index is 805. The predicted molar refractivity (Wildman–Crippen MR) is 112 cm³/mol. The van der Waals surface area contributed by atoms with Crippen LogP contribution >= 0.6 is 0 Å². The molecule has 1 heterocycles. The molecular formula is C23H32N2O3. The van der Waals surface area contributed by atoms with Gasteiger partial charge in [-0.05, 0) is 60.8 Å². The average Bonchev–Trinajstić information content (AvgIpc) is 2.65. The predicted octanol–water partition coefficient (Wildman–Crippen LogP) is 4.78. The van der Waals surface area contributed by atoms with E-state index in [4.69, 9.17) is 9.84 Å². The van der Waals surface area contributed by atoms with Gasteiger partial charge in [0.05, 0.1) is 11.9 Å². The Morgan fingerprint density at radius 3 is 2.61 bits per heavy atom. The molecule has 0 aliphatic heterocycles. The lowest BCUT2D eigenvalue weighted by Crippen LogP contribution is -2.30. The summed E-state index contributed by atoms with van der Waals surface area (Å²) in [6, 6.07) is 10.1. The van der Waals surface area contributed by atoms with E-state index < -0.39 is 5.97 Å². The molecule has 0 saturated heterocycles. The lowest BCUT2D eigenvalue weighted by atomic mass is 9.72. The number of fused-ring (bicyclic) bond motifs is 1. The molecule has 2 aromatic rings. The summed E-state index contributed by atoms with van der Waals surface area (Å²) < 4.78 is 6.18. The first-order chi connectivity index (χ1) is 13.3. The molecule has 0 spiro atoms. The second kappa shape index (κ2) is 8.91. The van der Waals surface area contributed by atoms with Crippen LogP contribution in [0.25, 0.3) is 10.9 Å². The van der Waals surface area contributed by atoms with E-state index in [1.807, 2.05) is 18.2 Å². The fourth-order valence-electron chi connectivity index (χ4n) is 3.98. The smallest absolute Gasteiger partial charge is 0.304 e. The Labute approximate surface area is 167 Å². The van der Waals surface area contributed by atoms with Gasteiger partial charge in [0.1, 0.15) is 6.10 Å². The Kier molecular flexibility index (Phi) is 6.55. The highest BCUT2D eigenvalue weighted by molar-refractivity contribution is 5.79. The van der Waals surface area contributed by atoms with E-state index in [1.54, 1.807) is 0 Å². The van der Waals surface area contributed by atoms with Crippen LogP contribution < -0.4 is 10.1 Å². The number of nitrogens with one attached hydrogen (secondary N) is 1. The largest absolute Gasteiger partial charge is 0.481 e. The molecule has 1 fully saturated rings. The van der Waals surface area contributed by atoms with Crippen LogP contribution in [0.2, 0.25) is 0 Å². The quantitative estimate of drug-likeness (QED) is 0.672. The summed E-state index contributed by atoms with van der Waals surface area (Å²) in [6.45, 7) is 8.12. The van der Waals surface area contributed by atoms with Crippen LogP contribution in [-0.2, 0) is 11.3 Å². The first-order valence-electron chi connectivity index (χ1n) is 10.3. The Morgan fingerprint density at radius 1 is 1.18 bits per heavy atom. The van der Waals surface area contributed by atoms with E-state index in [-0.39, 0.29) is 12.5 Å². The number of aromatic nitrogens is 1. The van der Waals surface area contributed by atoms with Gasteiger partial charge in [-0.15, -0.1) is 0 Å². The summed E-state index contributed by atoms with van der Waals surface area (Å²) in [4.78, 5) is 15.2. The second-order valence-corrected chi connectivity index (χ2v) is 8.95. The molecule has 0 unspecified atom stereocenters. The maximum absolute atomic E-state index is 10.6. The minimum atomic E-state index is -0.783. The molecule has 1 aromatic heterocycles. The van der Waals surface area contributed by atoms with Crippen molar-refractivity contribution in [2.24, 2.45) is 11.3 Å². The van der Waals surface area contributed by atoms with Crippen LogP contribution in [0.4, 0.5) is 0 Å². The second-order valence-electron chi connectivity index (χ2n) is 8.95. The molecule has 1 aromatic carbocycles. The van der Waals surface area contributed by atoms with E-state index in [0.29, 0.717) is 24.4 Å². The molecule has 1 aliphatic rings. The number of benzene rings is 1. The normalized spacial score (nSPS) is 20.2. The monoisotopic (exact) mass is 384 g/mol. The van der Waals surface area contributed by atoms with E-state index in [2.05, 4.69) is 43.2 Å². The highest BCUT2D eigenvalue weighted by Crippen LogP contribution is 2.38. The molecule has 152 valence electrons. The molecule has 0 atom stereocenters.